The predicted octanol–water partition coefficient (Wildman–Crippen LogP) is 2.79. The van der Waals surface area contributed by atoms with Crippen LogP contribution in [0.5, 0.6) is 0 Å². The van der Waals surface area contributed by atoms with Gasteiger partial charge >= 0.3 is 0 Å². The smallest absolute Gasteiger partial charge is 0.165 e. The molecular formula is C12H13NO. The van der Waals surface area contributed by atoms with Gasteiger partial charge in [0.2, 0.25) is 0 Å². The number of hydrogen-bond donors (Lipinski definition) is 0. The molecule has 0 radical (unpaired) electrons. The summed E-state index contributed by atoms with van der Waals surface area (Å²) in [6, 6.07) is 8.88. The first-order valence-electron chi connectivity index (χ1n) is 4.73. The molecule has 2 heteroatoms. The van der Waals surface area contributed by atoms with Gasteiger partial charge in [-0.05, 0) is 18.6 Å². The van der Waals surface area contributed by atoms with Crippen molar-refractivity contribution in [3.8, 4) is 6.07 Å². The SMILES string of the molecule is CCC(C)C(=O)c1cccc(C#N)c1. The standard InChI is InChI=1S/C12H13NO/c1-3-9(2)12(14)11-6-4-5-10(7-11)8-13/h4-7,9H,3H2,1-2H3. The summed E-state index contributed by atoms with van der Waals surface area (Å²) in [4.78, 5) is 11.7. The van der Waals surface area contributed by atoms with Crippen LogP contribution >= 0.6 is 0 Å². The number of Topliss-reactive ketones (excluding diaryl/α,β-unsaturated/α-hetero) is 1. The maximum absolute atomic E-state index is 11.7. The number of nitriles is 1. The molecule has 0 heterocycles. The second-order valence-electron chi connectivity index (χ2n) is 3.37. The first-order chi connectivity index (χ1) is 6.69. The van der Waals surface area contributed by atoms with Crippen molar-refractivity contribution in [2.24, 2.45) is 5.92 Å². The van der Waals surface area contributed by atoms with Crippen molar-refractivity contribution in [3.63, 3.8) is 0 Å². The van der Waals surface area contributed by atoms with E-state index < -0.39 is 0 Å². The summed E-state index contributed by atoms with van der Waals surface area (Å²) >= 11 is 0. The number of hydrogen-bond acceptors (Lipinski definition) is 2. The van der Waals surface area contributed by atoms with Crippen molar-refractivity contribution in [1.29, 1.82) is 5.26 Å². The van der Waals surface area contributed by atoms with Gasteiger partial charge in [-0.25, -0.2) is 0 Å². The molecule has 0 saturated carbocycles. The lowest BCUT2D eigenvalue weighted by Gasteiger charge is -2.06. The van der Waals surface area contributed by atoms with Crippen molar-refractivity contribution in [1.82, 2.24) is 0 Å². The van der Waals surface area contributed by atoms with Crippen LogP contribution < -0.4 is 0 Å². The average Bonchev–Trinajstić information content (AvgIpc) is 2.27. The minimum Gasteiger partial charge on any atom is -0.294 e. The van der Waals surface area contributed by atoms with E-state index in [1.807, 2.05) is 19.9 Å². The fourth-order valence-electron chi connectivity index (χ4n) is 1.21. The van der Waals surface area contributed by atoms with Gasteiger partial charge in [-0.1, -0.05) is 26.0 Å². The quantitative estimate of drug-likeness (QED) is 0.683. The highest BCUT2D eigenvalue weighted by Crippen LogP contribution is 2.12. The summed E-state index contributed by atoms with van der Waals surface area (Å²) in [7, 11) is 0. The molecule has 0 saturated heterocycles. The fraction of sp³-hybridized carbons (Fsp3) is 0.333. The molecule has 0 bridgehead atoms. The molecule has 1 atom stereocenters. The van der Waals surface area contributed by atoms with E-state index in [9.17, 15) is 4.79 Å². The molecule has 2 nitrogen and oxygen atoms in total. The fourth-order valence-corrected chi connectivity index (χ4v) is 1.21. The van der Waals surface area contributed by atoms with Crippen molar-refractivity contribution < 1.29 is 4.79 Å². The zero-order valence-electron chi connectivity index (χ0n) is 8.45. The van der Waals surface area contributed by atoms with Gasteiger partial charge in [-0.3, -0.25) is 4.79 Å². The van der Waals surface area contributed by atoms with Gasteiger partial charge in [0.1, 0.15) is 0 Å². The van der Waals surface area contributed by atoms with Crippen LogP contribution in [0.4, 0.5) is 0 Å². The third-order valence-electron chi connectivity index (χ3n) is 2.34. The zero-order chi connectivity index (χ0) is 10.6. The lowest BCUT2D eigenvalue weighted by Crippen LogP contribution is -2.10. The number of carbonyl (C=O) groups excluding carboxylic acids is 1. The zero-order valence-corrected chi connectivity index (χ0v) is 8.45. The van der Waals surface area contributed by atoms with Crippen LogP contribution in [0.1, 0.15) is 36.2 Å². The van der Waals surface area contributed by atoms with Gasteiger partial charge in [-0.15, -0.1) is 0 Å². The van der Waals surface area contributed by atoms with E-state index >= 15 is 0 Å². The second kappa shape index (κ2) is 4.57. The third-order valence-corrected chi connectivity index (χ3v) is 2.34. The molecule has 0 aliphatic rings. The maximum Gasteiger partial charge on any atom is 0.165 e. The van der Waals surface area contributed by atoms with Crippen molar-refractivity contribution in [2.75, 3.05) is 0 Å². The van der Waals surface area contributed by atoms with Gasteiger partial charge < -0.3 is 0 Å². The molecule has 0 aromatic heterocycles. The van der Waals surface area contributed by atoms with Crippen LogP contribution in [0.15, 0.2) is 24.3 Å². The monoisotopic (exact) mass is 187 g/mol. The number of nitrogens with zero attached hydrogens (tertiary/aromatic N) is 1. The molecule has 0 N–H and O–H groups in total. The van der Waals surface area contributed by atoms with E-state index in [-0.39, 0.29) is 11.7 Å². The van der Waals surface area contributed by atoms with Crippen molar-refractivity contribution in [3.05, 3.63) is 35.4 Å². The van der Waals surface area contributed by atoms with E-state index in [0.29, 0.717) is 11.1 Å². The molecule has 1 aromatic carbocycles. The molecule has 14 heavy (non-hydrogen) atoms. The van der Waals surface area contributed by atoms with Crippen molar-refractivity contribution >= 4 is 5.78 Å². The molecule has 1 aromatic rings. The van der Waals surface area contributed by atoms with Gasteiger partial charge in [-0.2, -0.15) is 5.26 Å². The van der Waals surface area contributed by atoms with Crippen LogP contribution in [-0.4, -0.2) is 5.78 Å². The molecule has 0 spiro atoms. The average molecular weight is 187 g/mol. The van der Waals surface area contributed by atoms with Crippen LogP contribution in [0.25, 0.3) is 0 Å². The third kappa shape index (κ3) is 2.20. The molecule has 0 amide bonds. The maximum atomic E-state index is 11.7. The summed E-state index contributed by atoms with van der Waals surface area (Å²) in [5, 5.41) is 8.68. The Kier molecular flexibility index (Phi) is 3.41. The van der Waals surface area contributed by atoms with Crippen LogP contribution in [-0.2, 0) is 0 Å². The van der Waals surface area contributed by atoms with Crippen LogP contribution in [0.3, 0.4) is 0 Å². The highest BCUT2D eigenvalue weighted by atomic mass is 16.1. The Balaban J connectivity index is 2.97. The second-order valence-corrected chi connectivity index (χ2v) is 3.37. The number of carbonyl (C=O) groups is 1. The summed E-state index contributed by atoms with van der Waals surface area (Å²) in [5.74, 6) is 0.147. The molecule has 72 valence electrons. The normalized spacial score (nSPS) is 11.8. The Bertz CT molecular complexity index is 376. The summed E-state index contributed by atoms with van der Waals surface area (Å²) in [6.07, 6.45) is 0.829. The molecular weight excluding hydrogens is 174 g/mol. The molecule has 1 unspecified atom stereocenters. The minimum atomic E-state index is 0.0314. The molecule has 1 rings (SSSR count). The minimum absolute atomic E-state index is 0.0314. The Morgan fingerprint density at radius 1 is 1.57 bits per heavy atom. The number of rotatable bonds is 3. The van der Waals surface area contributed by atoms with E-state index in [0.717, 1.165) is 6.42 Å². The first kappa shape index (κ1) is 10.5. The lowest BCUT2D eigenvalue weighted by molar-refractivity contribution is 0.0927. The highest BCUT2D eigenvalue weighted by Gasteiger charge is 2.12. The van der Waals surface area contributed by atoms with E-state index in [4.69, 9.17) is 5.26 Å². The first-order valence-corrected chi connectivity index (χ1v) is 4.73. The van der Waals surface area contributed by atoms with E-state index in [1.54, 1.807) is 24.3 Å². The molecule has 0 aliphatic heterocycles. The molecule has 0 fully saturated rings. The van der Waals surface area contributed by atoms with Crippen LogP contribution in [0.2, 0.25) is 0 Å². The summed E-state index contributed by atoms with van der Waals surface area (Å²) < 4.78 is 0. The van der Waals surface area contributed by atoms with Gasteiger partial charge in [0, 0.05) is 11.5 Å². The predicted molar refractivity (Wildman–Crippen MR) is 54.9 cm³/mol. The van der Waals surface area contributed by atoms with Gasteiger partial charge in [0.25, 0.3) is 0 Å². The Labute approximate surface area is 84.2 Å². The highest BCUT2D eigenvalue weighted by molar-refractivity contribution is 5.97. The summed E-state index contributed by atoms with van der Waals surface area (Å²) in [6.45, 7) is 3.89. The van der Waals surface area contributed by atoms with E-state index in [1.165, 1.54) is 0 Å². The number of benzene rings is 1. The molecule has 0 aliphatic carbocycles. The Morgan fingerprint density at radius 3 is 2.86 bits per heavy atom. The Morgan fingerprint density at radius 2 is 2.29 bits per heavy atom. The van der Waals surface area contributed by atoms with Gasteiger partial charge in [0.05, 0.1) is 11.6 Å². The van der Waals surface area contributed by atoms with E-state index in [2.05, 4.69) is 0 Å². The largest absolute Gasteiger partial charge is 0.294 e. The Hall–Kier alpha value is -1.62. The van der Waals surface area contributed by atoms with Crippen LogP contribution in [0, 0.1) is 17.2 Å². The van der Waals surface area contributed by atoms with Crippen molar-refractivity contribution in [2.45, 2.75) is 20.3 Å². The van der Waals surface area contributed by atoms with Gasteiger partial charge in [0.15, 0.2) is 5.78 Å². The topological polar surface area (TPSA) is 40.9 Å². The summed E-state index contributed by atoms with van der Waals surface area (Å²) in [5.41, 5.74) is 1.18. The number of ketones is 1. The lowest BCUT2D eigenvalue weighted by atomic mass is 9.96.